The first-order valence-electron chi connectivity index (χ1n) is 8.51. The molecule has 1 saturated heterocycles. The van der Waals surface area contributed by atoms with Crippen molar-refractivity contribution in [2.75, 3.05) is 20.7 Å². The van der Waals surface area contributed by atoms with Gasteiger partial charge in [-0.15, -0.1) is 0 Å². The average Bonchev–Trinajstić information content (AvgIpc) is 2.94. The van der Waals surface area contributed by atoms with Crippen LogP contribution in [-0.4, -0.2) is 53.2 Å². The largest absolute Gasteiger partial charge is 0.464 e. The highest BCUT2D eigenvalue weighted by Gasteiger charge is 2.42. The van der Waals surface area contributed by atoms with Crippen molar-refractivity contribution in [2.45, 2.75) is 18.9 Å². The molecule has 1 atom stereocenters. The molecular weight excluding hydrogens is 344 g/mol. The predicted octanol–water partition coefficient (Wildman–Crippen LogP) is 1.79. The SMILES string of the molecule is COC(=O)c1nc(-c2cccc(C#C[C@]3(O)CCN(C)C3=O)c2)ccc1C. The zero-order valence-corrected chi connectivity index (χ0v) is 15.4. The molecule has 1 amide bonds. The summed E-state index contributed by atoms with van der Waals surface area (Å²) in [5.74, 6) is 4.71. The molecule has 1 N–H and O–H groups in total. The highest BCUT2D eigenvalue weighted by Crippen LogP contribution is 2.22. The van der Waals surface area contributed by atoms with E-state index in [1.165, 1.54) is 12.0 Å². The van der Waals surface area contributed by atoms with E-state index in [-0.39, 0.29) is 18.0 Å². The van der Waals surface area contributed by atoms with Crippen molar-refractivity contribution in [3.63, 3.8) is 0 Å². The van der Waals surface area contributed by atoms with Crippen LogP contribution in [0, 0.1) is 18.8 Å². The van der Waals surface area contributed by atoms with Crippen LogP contribution in [0.25, 0.3) is 11.3 Å². The van der Waals surface area contributed by atoms with Gasteiger partial charge in [0.25, 0.3) is 5.91 Å². The highest BCUT2D eigenvalue weighted by molar-refractivity contribution is 5.91. The van der Waals surface area contributed by atoms with E-state index in [2.05, 4.69) is 16.8 Å². The third kappa shape index (κ3) is 3.69. The number of hydrogen-bond donors (Lipinski definition) is 1. The monoisotopic (exact) mass is 364 g/mol. The van der Waals surface area contributed by atoms with Gasteiger partial charge in [-0.3, -0.25) is 4.79 Å². The second-order valence-electron chi connectivity index (χ2n) is 6.52. The van der Waals surface area contributed by atoms with Crippen LogP contribution in [-0.2, 0) is 9.53 Å². The summed E-state index contributed by atoms with van der Waals surface area (Å²) in [6.07, 6.45) is 0.289. The van der Waals surface area contributed by atoms with E-state index in [4.69, 9.17) is 4.74 Å². The van der Waals surface area contributed by atoms with Crippen LogP contribution < -0.4 is 0 Å². The normalized spacial score (nSPS) is 18.8. The minimum Gasteiger partial charge on any atom is -0.464 e. The Labute approximate surface area is 157 Å². The third-order valence-electron chi connectivity index (χ3n) is 4.56. The molecule has 6 heteroatoms. The smallest absolute Gasteiger partial charge is 0.356 e. The molecule has 1 fully saturated rings. The van der Waals surface area contributed by atoms with Crippen LogP contribution >= 0.6 is 0 Å². The Morgan fingerprint density at radius 2 is 2.11 bits per heavy atom. The predicted molar refractivity (Wildman–Crippen MR) is 99.8 cm³/mol. The first-order valence-corrected chi connectivity index (χ1v) is 8.51. The molecule has 138 valence electrons. The van der Waals surface area contributed by atoms with Crippen LogP contribution in [0.2, 0.25) is 0 Å². The zero-order chi connectivity index (χ0) is 19.6. The highest BCUT2D eigenvalue weighted by atomic mass is 16.5. The number of aryl methyl sites for hydroxylation is 1. The van der Waals surface area contributed by atoms with Crippen molar-refractivity contribution in [1.82, 2.24) is 9.88 Å². The van der Waals surface area contributed by atoms with E-state index >= 15 is 0 Å². The van der Waals surface area contributed by atoms with Crippen molar-refractivity contribution in [3.05, 3.63) is 53.2 Å². The maximum absolute atomic E-state index is 12.0. The molecule has 2 aromatic rings. The van der Waals surface area contributed by atoms with Crippen LogP contribution in [0.4, 0.5) is 0 Å². The summed E-state index contributed by atoms with van der Waals surface area (Å²) >= 11 is 0. The van der Waals surface area contributed by atoms with E-state index < -0.39 is 11.6 Å². The van der Waals surface area contributed by atoms with E-state index in [0.717, 1.165) is 11.1 Å². The van der Waals surface area contributed by atoms with Crippen LogP contribution in [0.15, 0.2) is 36.4 Å². The lowest BCUT2D eigenvalue weighted by atomic mass is 10.0. The zero-order valence-electron chi connectivity index (χ0n) is 15.4. The lowest BCUT2D eigenvalue weighted by Gasteiger charge is -2.13. The Balaban J connectivity index is 1.93. The standard InChI is InChI=1S/C21H20N2O4/c1-14-7-8-17(22-18(14)19(24)27-3)16-6-4-5-15(13-16)9-10-21(26)11-12-23(2)20(21)25/h4-8,13,26H,11-12H2,1-3H3/t21-/m0/s1. The molecule has 0 bridgehead atoms. The van der Waals surface area contributed by atoms with Crippen LogP contribution in [0.1, 0.15) is 28.0 Å². The molecule has 0 unspecified atom stereocenters. The summed E-state index contributed by atoms with van der Waals surface area (Å²) < 4.78 is 4.77. The van der Waals surface area contributed by atoms with Gasteiger partial charge < -0.3 is 14.7 Å². The quantitative estimate of drug-likeness (QED) is 0.649. The van der Waals surface area contributed by atoms with Gasteiger partial charge >= 0.3 is 5.97 Å². The topological polar surface area (TPSA) is 79.7 Å². The number of likely N-dealkylation sites (tertiary alicyclic amines) is 1. The number of carbonyl (C=O) groups excluding carboxylic acids is 2. The van der Waals surface area contributed by atoms with Crippen molar-refractivity contribution in [2.24, 2.45) is 0 Å². The van der Waals surface area contributed by atoms with Gasteiger partial charge in [0.15, 0.2) is 5.69 Å². The van der Waals surface area contributed by atoms with Gasteiger partial charge in [0.2, 0.25) is 5.60 Å². The molecule has 0 spiro atoms. The molecule has 0 aliphatic carbocycles. The average molecular weight is 364 g/mol. The fourth-order valence-electron chi connectivity index (χ4n) is 2.89. The van der Waals surface area contributed by atoms with Crippen LogP contribution in [0.5, 0.6) is 0 Å². The molecule has 0 saturated carbocycles. The van der Waals surface area contributed by atoms with Crippen molar-refractivity contribution in [3.8, 4) is 23.1 Å². The minimum atomic E-state index is -1.63. The summed E-state index contributed by atoms with van der Waals surface area (Å²) in [5, 5.41) is 10.4. The van der Waals surface area contributed by atoms with Crippen LogP contribution in [0.3, 0.4) is 0 Å². The Morgan fingerprint density at radius 1 is 1.33 bits per heavy atom. The van der Waals surface area contributed by atoms with E-state index in [9.17, 15) is 14.7 Å². The summed E-state index contributed by atoms with van der Waals surface area (Å²) in [7, 11) is 2.96. The molecule has 0 radical (unpaired) electrons. The Hall–Kier alpha value is -3.17. The molecule has 1 aliphatic rings. The van der Waals surface area contributed by atoms with Gasteiger partial charge in [0.1, 0.15) is 0 Å². The number of methoxy groups -OCH3 is 1. The lowest BCUT2D eigenvalue weighted by molar-refractivity contribution is -0.137. The van der Waals surface area contributed by atoms with Gasteiger partial charge in [0, 0.05) is 31.1 Å². The van der Waals surface area contributed by atoms with Gasteiger partial charge in [-0.1, -0.05) is 30.0 Å². The summed E-state index contributed by atoms with van der Waals surface area (Å²) in [6.45, 7) is 2.27. The number of carbonyl (C=O) groups is 2. The molecule has 1 aromatic carbocycles. The molecule has 27 heavy (non-hydrogen) atoms. The fraction of sp³-hybridized carbons (Fsp3) is 0.286. The van der Waals surface area contributed by atoms with Crippen molar-refractivity contribution >= 4 is 11.9 Å². The van der Waals surface area contributed by atoms with Crippen molar-refractivity contribution < 1.29 is 19.4 Å². The molecule has 1 aliphatic heterocycles. The van der Waals surface area contributed by atoms with E-state index in [1.54, 1.807) is 26.1 Å². The number of nitrogens with zero attached hydrogens (tertiary/aromatic N) is 2. The fourth-order valence-corrected chi connectivity index (χ4v) is 2.89. The number of hydrogen-bond acceptors (Lipinski definition) is 5. The molecular formula is C21H20N2O4. The van der Waals surface area contributed by atoms with E-state index in [1.807, 2.05) is 24.3 Å². The van der Waals surface area contributed by atoms with Gasteiger partial charge in [0.05, 0.1) is 12.8 Å². The summed E-state index contributed by atoms with van der Waals surface area (Å²) in [6, 6.07) is 10.9. The Morgan fingerprint density at radius 3 is 2.78 bits per heavy atom. The number of ether oxygens (including phenoxy) is 1. The summed E-state index contributed by atoms with van der Waals surface area (Å²) in [4.78, 5) is 29.7. The number of benzene rings is 1. The first-order chi connectivity index (χ1) is 12.8. The molecule has 6 nitrogen and oxygen atoms in total. The number of pyridine rings is 1. The number of rotatable bonds is 2. The maximum atomic E-state index is 12.0. The number of amides is 1. The Kier molecular flexibility index (Phi) is 4.98. The van der Waals surface area contributed by atoms with Crippen molar-refractivity contribution in [1.29, 1.82) is 0 Å². The number of esters is 1. The lowest BCUT2D eigenvalue weighted by Crippen LogP contribution is -2.37. The summed E-state index contributed by atoms with van der Waals surface area (Å²) in [5.41, 5.74) is 1.39. The van der Waals surface area contributed by atoms with Gasteiger partial charge in [-0.05, 0) is 30.7 Å². The van der Waals surface area contributed by atoms with E-state index in [0.29, 0.717) is 17.8 Å². The second kappa shape index (κ2) is 7.22. The van der Waals surface area contributed by atoms with Gasteiger partial charge in [-0.2, -0.15) is 0 Å². The molecule has 1 aromatic heterocycles. The number of aromatic nitrogens is 1. The third-order valence-corrected chi connectivity index (χ3v) is 4.56. The molecule has 2 heterocycles. The molecule has 3 rings (SSSR count). The number of likely N-dealkylation sites (N-methyl/N-ethyl adjacent to an activating group) is 1. The second-order valence-corrected chi connectivity index (χ2v) is 6.52. The first kappa shape index (κ1) is 18.6. The minimum absolute atomic E-state index is 0.264. The van der Waals surface area contributed by atoms with Gasteiger partial charge in [-0.25, -0.2) is 9.78 Å². The Bertz CT molecular complexity index is 974. The number of aliphatic hydroxyl groups is 1. The maximum Gasteiger partial charge on any atom is 0.356 e.